The Kier molecular flexibility index (Phi) is 6.98. The molecule has 1 atom stereocenters. The number of benzene rings is 2. The number of aryl methyl sites for hydroxylation is 2. The fourth-order valence-electron chi connectivity index (χ4n) is 3.07. The van der Waals surface area contributed by atoms with Crippen LogP contribution in [0.3, 0.4) is 0 Å². The van der Waals surface area contributed by atoms with Crippen molar-refractivity contribution < 1.29 is 8.42 Å². The first-order chi connectivity index (χ1) is 12.3. The standard InChI is InChI=1S/C21H30N2O2S/c1-6-23(7-2)26(24,25)21-12-10-19(11-13-21)18(5)22-15-20-9-8-16(3)14-17(20)4/h8-14,18,22H,6-7,15H2,1-5H3/t18-/m0/s1. The third-order valence-electron chi connectivity index (χ3n) is 4.82. The van der Waals surface area contributed by atoms with Crippen molar-refractivity contribution in [2.24, 2.45) is 0 Å². The molecule has 2 rings (SSSR count). The molecule has 0 fully saturated rings. The Hall–Kier alpha value is -1.69. The lowest BCUT2D eigenvalue weighted by atomic mass is 10.0. The molecule has 0 spiro atoms. The molecular weight excluding hydrogens is 344 g/mol. The van der Waals surface area contributed by atoms with Gasteiger partial charge in [-0.25, -0.2) is 8.42 Å². The predicted molar refractivity (Wildman–Crippen MR) is 108 cm³/mol. The second kappa shape index (κ2) is 8.80. The molecular formula is C21H30N2O2S. The number of rotatable bonds is 8. The van der Waals surface area contributed by atoms with Crippen LogP contribution in [0.4, 0.5) is 0 Å². The smallest absolute Gasteiger partial charge is 0.243 e. The quantitative estimate of drug-likeness (QED) is 0.754. The molecule has 2 aromatic rings. The molecule has 0 saturated carbocycles. The van der Waals surface area contributed by atoms with Crippen LogP contribution in [0.25, 0.3) is 0 Å². The Morgan fingerprint density at radius 3 is 2.15 bits per heavy atom. The summed E-state index contributed by atoms with van der Waals surface area (Å²) in [5, 5.41) is 3.52. The van der Waals surface area contributed by atoms with Crippen molar-refractivity contribution in [1.82, 2.24) is 9.62 Å². The van der Waals surface area contributed by atoms with Gasteiger partial charge in [-0.3, -0.25) is 0 Å². The second-order valence-electron chi connectivity index (χ2n) is 6.69. The molecule has 0 aliphatic carbocycles. The van der Waals surface area contributed by atoms with E-state index in [4.69, 9.17) is 0 Å². The van der Waals surface area contributed by atoms with E-state index in [2.05, 4.69) is 44.3 Å². The first-order valence-electron chi connectivity index (χ1n) is 9.19. The Bertz CT molecular complexity index is 826. The minimum absolute atomic E-state index is 0.140. The summed E-state index contributed by atoms with van der Waals surface area (Å²) in [6.07, 6.45) is 0. The zero-order valence-electron chi connectivity index (χ0n) is 16.4. The zero-order chi connectivity index (χ0) is 19.3. The largest absolute Gasteiger partial charge is 0.306 e. The van der Waals surface area contributed by atoms with Gasteiger partial charge in [-0.15, -0.1) is 0 Å². The molecule has 0 aliphatic rings. The van der Waals surface area contributed by atoms with Gasteiger partial charge in [0, 0.05) is 25.7 Å². The minimum atomic E-state index is -3.40. The van der Waals surface area contributed by atoms with Crippen LogP contribution in [0.15, 0.2) is 47.4 Å². The molecule has 1 N–H and O–H groups in total. The first kappa shape index (κ1) is 20.6. The van der Waals surface area contributed by atoms with Gasteiger partial charge in [-0.2, -0.15) is 4.31 Å². The molecule has 0 radical (unpaired) electrons. The van der Waals surface area contributed by atoms with Crippen molar-refractivity contribution in [3.8, 4) is 0 Å². The first-order valence-corrected chi connectivity index (χ1v) is 10.6. The van der Waals surface area contributed by atoms with E-state index in [0.29, 0.717) is 18.0 Å². The van der Waals surface area contributed by atoms with Crippen LogP contribution in [0.2, 0.25) is 0 Å². The van der Waals surface area contributed by atoms with Crippen LogP contribution in [0, 0.1) is 13.8 Å². The number of hydrogen-bond donors (Lipinski definition) is 1. The van der Waals surface area contributed by atoms with Gasteiger partial charge in [0.1, 0.15) is 0 Å². The monoisotopic (exact) mass is 374 g/mol. The average Bonchev–Trinajstić information content (AvgIpc) is 2.61. The maximum absolute atomic E-state index is 12.6. The normalized spacial score (nSPS) is 13.2. The third kappa shape index (κ3) is 4.72. The van der Waals surface area contributed by atoms with Crippen molar-refractivity contribution in [3.63, 3.8) is 0 Å². The van der Waals surface area contributed by atoms with Crippen LogP contribution in [-0.4, -0.2) is 25.8 Å². The Balaban J connectivity index is 2.07. The number of nitrogens with zero attached hydrogens (tertiary/aromatic N) is 1. The van der Waals surface area contributed by atoms with Gasteiger partial charge in [-0.05, 0) is 49.6 Å². The predicted octanol–water partition coefficient (Wildman–Crippen LogP) is 4.18. The maximum Gasteiger partial charge on any atom is 0.243 e. The van der Waals surface area contributed by atoms with Crippen molar-refractivity contribution >= 4 is 10.0 Å². The molecule has 142 valence electrons. The highest BCUT2D eigenvalue weighted by Crippen LogP contribution is 2.20. The molecule has 0 aromatic heterocycles. The molecule has 0 bridgehead atoms. The second-order valence-corrected chi connectivity index (χ2v) is 8.63. The van der Waals surface area contributed by atoms with Crippen LogP contribution < -0.4 is 5.32 Å². The minimum Gasteiger partial charge on any atom is -0.306 e. The topological polar surface area (TPSA) is 49.4 Å². The average molecular weight is 375 g/mol. The Labute approximate surface area is 158 Å². The van der Waals surface area contributed by atoms with Crippen molar-refractivity contribution in [2.45, 2.75) is 52.1 Å². The lowest BCUT2D eigenvalue weighted by Gasteiger charge is -2.19. The van der Waals surface area contributed by atoms with E-state index in [9.17, 15) is 8.42 Å². The van der Waals surface area contributed by atoms with Gasteiger partial charge in [0.25, 0.3) is 0 Å². The Morgan fingerprint density at radius 2 is 1.62 bits per heavy atom. The van der Waals surface area contributed by atoms with Crippen molar-refractivity contribution in [3.05, 3.63) is 64.7 Å². The summed E-state index contributed by atoms with van der Waals surface area (Å²) in [6, 6.07) is 13.8. The molecule has 0 aliphatic heterocycles. The van der Waals surface area contributed by atoms with E-state index in [0.717, 1.165) is 12.1 Å². The summed E-state index contributed by atoms with van der Waals surface area (Å²) in [6.45, 7) is 11.8. The van der Waals surface area contributed by atoms with E-state index in [-0.39, 0.29) is 6.04 Å². The van der Waals surface area contributed by atoms with Crippen molar-refractivity contribution in [2.75, 3.05) is 13.1 Å². The van der Waals surface area contributed by atoms with E-state index in [1.165, 1.54) is 21.0 Å². The van der Waals surface area contributed by atoms with Gasteiger partial charge in [0.2, 0.25) is 10.0 Å². The highest BCUT2D eigenvalue weighted by Gasteiger charge is 2.21. The van der Waals surface area contributed by atoms with Crippen LogP contribution >= 0.6 is 0 Å². The summed E-state index contributed by atoms with van der Waals surface area (Å²) in [4.78, 5) is 0.353. The van der Waals surface area contributed by atoms with E-state index >= 15 is 0 Å². The fraction of sp³-hybridized carbons (Fsp3) is 0.429. The van der Waals surface area contributed by atoms with Gasteiger partial charge in [-0.1, -0.05) is 49.7 Å². The maximum atomic E-state index is 12.6. The Morgan fingerprint density at radius 1 is 1.00 bits per heavy atom. The highest BCUT2D eigenvalue weighted by atomic mass is 32.2. The molecule has 2 aromatic carbocycles. The van der Waals surface area contributed by atoms with E-state index in [1.807, 2.05) is 26.0 Å². The van der Waals surface area contributed by atoms with Gasteiger partial charge < -0.3 is 5.32 Å². The van der Waals surface area contributed by atoms with Crippen molar-refractivity contribution in [1.29, 1.82) is 0 Å². The number of nitrogens with one attached hydrogen (secondary N) is 1. The zero-order valence-corrected chi connectivity index (χ0v) is 17.2. The molecule has 0 amide bonds. The van der Waals surface area contributed by atoms with Crippen LogP contribution in [0.1, 0.15) is 49.1 Å². The van der Waals surface area contributed by atoms with E-state index in [1.54, 1.807) is 12.1 Å². The van der Waals surface area contributed by atoms with E-state index < -0.39 is 10.0 Å². The summed E-state index contributed by atoms with van der Waals surface area (Å²) >= 11 is 0. The molecule has 0 unspecified atom stereocenters. The lowest BCUT2D eigenvalue weighted by Crippen LogP contribution is -2.30. The van der Waals surface area contributed by atoms with Crippen LogP contribution in [-0.2, 0) is 16.6 Å². The van der Waals surface area contributed by atoms with Gasteiger partial charge >= 0.3 is 0 Å². The van der Waals surface area contributed by atoms with Gasteiger partial charge in [0.05, 0.1) is 4.90 Å². The fourth-order valence-corrected chi connectivity index (χ4v) is 4.52. The molecule has 5 heteroatoms. The highest BCUT2D eigenvalue weighted by molar-refractivity contribution is 7.89. The number of sulfonamides is 1. The summed E-state index contributed by atoms with van der Waals surface area (Å²) in [7, 11) is -3.40. The summed E-state index contributed by atoms with van der Waals surface area (Å²) in [5.41, 5.74) is 4.91. The number of hydrogen-bond acceptors (Lipinski definition) is 3. The van der Waals surface area contributed by atoms with Gasteiger partial charge in [0.15, 0.2) is 0 Å². The molecule has 0 heterocycles. The van der Waals surface area contributed by atoms with Crippen LogP contribution in [0.5, 0.6) is 0 Å². The third-order valence-corrected chi connectivity index (χ3v) is 6.88. The summed E-state index contributed by atoms with van der Waals surface area (Å²) in [5.74, 6) is 0. The molecule has 26 heavy (non-hydrogen) atoms. The SMILES string of the molecule is CCN(CC)S(=O)(=O)c1ccc([C@H](C)NCc2ccc(C)cc2C)cc1. The molecule has 4 nitrogen and oxygen atoms in total. The lowest BCUT2D eigenvalue weighted by molar-refractivity contribution is 0.445. The summed E-state index contributed by atoms with van der Waals surface area (Å²) < 4.78 is 26.6. The molecule has 0 saturated heterocycles.